The van der Waals surface area contributed by atoms with Crippen molar-refractivity contribution in [3.05, 3.63) is 82.5 Å². The quantitative estimate of drug-likeness (QED) is 0.307. The van der Waals surface area contributed by atoms with Crippen molar-refractivity contribution in [2.45, 2.75) is 44.1 Å². The minimum Gasteiger partial charge on any atom is -0.364 e. The smallest absolute Gasteiger partial charge is 0.264 e. The maximum Gasteiger partial charge on any atom is 0.264 e. The molecule has 0 unspecified atom stereocenters. The molecule has 2 saturated carbocycles. The Morgan fingerprint density at radius 1 is 1.11 bits per heavy atom. The van der Waals surface area contributed by atoms with Gasteiger partial charge in [0.2, 0.25) is 5.91 Å². The molecular weight excluding hydrogens is 486 g/mol. The van der Waals surface area contributed by atoms with Gasteiger partial charge in [-0.25, -0.2) is 23.7 Å². The Kier molecular flexibility index (Phi) is 5.79. The monoisotopic (exact) mass is 508 g/mol. The van der Waals surface area contributed by atoms with Crippen molar-refractivity contribution in [2.75, 3.05) is 10.6 Å². The number of carbonyl (C=O) groups excluding carboxylic acids is 1. The SMILES string of the molecule is O=C(Nc1cc(NCc2cn3cc(C4CC4)ccc3n2)ncn1)[C@H]1C[C@@H]1c1cc(Cl)ccc1C(F)F. The lowest BCUT2D eigenvalue weighted by Crippen LogP contribution is -2.16. The van der Waals surface area contributed by atoms with Crippen LogP contribution in [0.2, 0.25) is 5.02 Å². The Morgan fingerprint density at radius 2 is 1.94 bits per heavy atom. The molecule has 4 aromatic rings. The van der Waals surface area contributed by atoms with Crippen LogP contribution in [0.15, 0.2) is 55.1 Å². The van der Waals surface area contributed by atoms with Crippen LogP contribution in [0.3, 0.4) is 0 Å². The first-order valence-corrected chi connectivity index (χ1v) is 12.2. The van der Waals surface area contributed by atoms with Crippen LogP contribution in [0.4, 0.5) is 20.4 Å². The van der Waals surface area contributed by atoms with Gasteiger partial charge in [-0.05, 0) is 60.4 Å². The van der Waals surface area contributed by atoms with Crippen molar-refractivity contribution >= 4 is 34.8 Å². The molecule has 2 fully saturated rings. The molecule has 0 radical (unpaired) electrons. The standard InChI is InChI=1S/C26H23ClF2N6O/c27-16-4-5-18(25(28)29)19(7-16)20-8-21(20)26(36)34-23-9-22(31-13-32-23)30-10-17-12-35-11-15(14-1-2-14)3-6-24(35)33-17/h3-7,9,11-14,20-21,25H,1-2,8,10H2,(H2,30,31,32,34,36)/t20-,21+/m1/s1. The molecule has 0 aliphatic heterocycles. The van der Waals surface area contributed by atoms with E-state index in [1.165, 1.54) is 42.9 Å². The van der Waals surface area contributed by atoms with Gasteiger partial charge >= 0.3 is 0 Å². The van der Waals surface area contributed by atoms with E-state index in [2.05, 4.69) is 37.8 Å². The highest BCUT2D eigenvalue weighted by Crippen LogP contribution is 2.51. The zero-order chi connectivity index (χ0) is 24.8. The first kappa shape index (κ1) is 22.8. The molecule has 10 heteroatoms. The number of benzene rings is 1. The lowest BCUT2D eigenvalue weighted by atomic mass is 10.0. The number of halogens is 3. The molecule has 0 saturated heterocycles. The van der Waals surface area contributed by atoms with Crippen LogP contribution in [-0.4, -0.2) is 25.3 Å². The topological polar surface area (TPSA) is 84.2 Å². The molecule has 2 N–H and O–H groups in total. The molecule has 1 aromatic carbocycles. The first-order valence-electron chi connectivity index (χ1n) is 11.9. The third-order valence-corrected chi connectivity index (χ3v) is 6.99. The maximum atomic E-state index is 13.4. The number of aromatic nitrogens is 4. The summed E-state index contributed by atoms with van der Waals surface area (Å²) in [6.45, 7) is 0.459. The van der Waals surface area contributed by atoms with Gasteiger partial charge in [0.05, 0.1) is 12.2 Å². The van der Waals surface area contributed by atoms with Crippen molar-refractivity contribution in [2.24, 2.45) is 5.92 Å². The number of fused-ring (bicyclic) bond motifs is 1. The van der Waals surface area contributed by atoms with E-state index in [9.17, 15) is 13.6 Å². The highest BCUT2D eigenvalue weighted by molar-refractivity contribution is 6.30. The van der Waals surface area contributed by atoms with E-state index in [1.54, 1.807) is 6.07 Å². The lowest BCUT2D eigenvalue weighted by molar-refractivity contribution is -0.117. The fourth-order valence-electron chi connectivity index (χ4n) is 4.62. The van der Waals surface area contributed by atoms with E-state index in [0.717, 1.165) is 11.3 Å². The fourth-order valence-corrected chi connectivity index (χ4v) is 4.80. The molecule has 36 heavy (non-hydrogen) atoms. The number of pyridine rings is 1. The van der Waals surface area contributed by atoms with Gasteiger partial charge in [-0.2, -0.15) is 0 Å². The molecule has 2 aliphatic rings. The van der Waals surface area contributed by atoms with Gasteiger partial charge in [0.15, 0.2) is 0 Å². The molecule has 0 bridgehead atoms. The minimum atomic E-state index is -2.62. The average Bonchev–Trinajstić information content (AvgIpc) is 3.78. The zero-order valence-corrected chi connectivity index (χ0v) is 19.9. The Hall–Kier alpha value is -3.59. The number of hydrogen-bond donors (Lipinski definition) is 2. The van der Waals surface area contributed by atoms with E-state index >= 15 is 0 Å². The molecule has 184 valence electrons. The summed E-state index contributed by atoms with van der Waals surface area (Å²) in [4.78, 5) is 25.8. The van der Waals surface area contributed by atoms with Crippen LogP contribution in [0, 0.1) is 5.92 Å². The van der Waals surface area contributed by atoms with Gasteiger partial charge in [0.25, 0.3) is 6.43 Å². The highest BCUT2D eigenvalue weighted by atomic mass is 35.5. The second-order valence-corrected chi connectivity index (χ2v) is 9.82. The molecule has 2 aliphatic carbocycles. The summed E-state index contributed by atoms with van der Waals surface area (Å²) in [7, 11) is 0. The molecule has 6 rings (SSSR count). The van der Waals surface area contributed by atoms with E-state index in [1.807, 2.05) is 16.7 Å². The number of anilines is 2. The van der Waals surface area contributed by atoms with Crippen LogP contribution in [0.5, 0.6) is 0 Å². The van der Waals surface area contributed by atoms with E-state index < -0.39 is 12.3 Å². The van der Waals surface area contributed by atoms with Crippen LogP contribution in [-0.2, 0) is 11.3 Å². The number of amides is 1. The summed E-state index contributed by atoms with van der Waals surface area (Å²) < 4.78 is 28.8. The average molecular weight is 509 g/mol. The number of nitrogens with zero attached hydrogens (tertiary/aromatic N) is 4. The Labute approximate surface area is 210 Å². The fraction of sp³-hybridized carbons (Fsp3) is 0.308. The second-order valence-electron chi connectivity index (χ2n) is 9.39. The largest absolute Gasteiger partial charge is 0.364 e. The molecular formula is C26H23ClF2N6O. The summed E-state index contributed by atoms with van der Waals surface area (Å²) in [5, 5.41) is 6.37. The van der Waals surface area contributed by atoms with Gasteiger partial charge in [0.1, 0.15) is 23.6 Å². The summed E-state index contributed by atoms with van der Waals surface area (Å²) in [6.07, 6.45) is 5.86. The number of rotatable bonds is 8. The van der Waals surface area contributed by atoms with Crippen LogP contribution >= 0.6 is 11.6 Å². The summed E-state index contributed by atoms with van der Waals surface area (Å²) in [5.41, 5.74) is 3.45. The van der Waals surface area contributed by atoms with Crippen molar-refractivity contribution in [1.29, 1.82) is 0 Å². The Morgan fingerprint density at radius 3 is 2.75 bits per heavy atom. The predicted octanol–water partition coefficient (Wildman–Crippen LogP) is 5.95. The molecule has 2 atom stereocenters. The summed E-state index contributed by atoms with van der Waals surface area (Å²) in [6, 6.07) is 10.1. The van der Waals surface area contributed by atoms with E-state index in [-0.39, 0.29) is 17.4 Å². The number of hydrogen-bond acceptors (Lipinski definition) is 5. The predicted molar refractivity (Wildman–Crippen MR) is 132 cm³/mol. The number of imidazole rings is 1. The maximum absolute atomic E-state index is 13.4. The van der Waals surface area contributed by atoms with Gasteiger partial charge in [0, 0.05) is 35.0 Å². The van der Waals surface area contributed by atoms with Crippen LogP contribution in [0.1, 0.15) is 59.9 Å². The molecule has 7 nitrogen and oxygen atoms in total. The lowest BCUT2D eigenvalue weighted by Gasteiger charge is -2.10. The number of carbonyl (C=O) groups is 1. The number of alkyl halides is 2. The van der Waals surface area contributed by atoms with E-state index in [0.29, 0.717) is 41.1 Å². The zero-order valence-electron chi connectivity index (χ0n) is 19.2. The highest BCUT2D eigenvalue weighted by Gasteiger charge is 2.45. The Bertz CT molecular complexity index is 1450. The Balaban J connectivity index is 1.09. The molecule has 0 spiro atoms. The van der Waals surface area contributed by atoms with E-state index in [4.69, 9.17) is 11.6 Å². The van der Waals surface area contributed by atoms with Crippen LogP contribution < -0.4 is 10.6 Å². The minimum absolute atomic E-state index is 0.0797. The van der Waals surface area contributed by atoms with Crippen molar-refractivity contribution in [3.63, 3.8) is 0 Å². The third kappa shape index (κ3) is 4.75. The molecule has 3 aromatic heterocycles. The third-order valence-electron chi connectivity index (χ3n) is 6.75. The van der Waals surface area contributed by atoms with Gasteiger partial charge < -0.3 is 15.0 Å². The van der Waals surface area contributed by atoms with Gasteiger partial charge in [-0.1, -0.05) is 23.7 Å². The van der Waals surface area contributed by atoms with Crippen molar-refractivity contribution in [1.82, 2.24) is 19.4 Å². The summed E-state index contributed by atoms with van der Waals surface area (Å²) in [5.74, 6) is 0.589. The second kappa shape index (κ2) is 9.13. The van der Waals surface area contributed by atoms with Gasteiger partial charge in [-0.15, -0.1) is 0 Å². The normalized spacial score (nSPS) is 19.0. The molecule has 1 amide bonds. The van der Waals surface area contributed by atoms with Crippen LogP contribution in [0.25, 0.3) is 5.65 Å². The first-order chi connectivity index (χ1) is 17.4. The summed E-state index contributed by atoms with van der Waals surface area (Å²) >= 11 is 6.01. The number of nitrogens with one attached hydrogen (secondary N) is 2. The molecule has 3 heterocycles. The van der Waals surface area contributed by atoms with Crippen molar-refractivity contribution < 1.29 is 13.6 Å². The van der Waals surface area contributed by atoms with Gasteiger partial charge in [-0.3, -0.25) is 4.79 Å². The van der Waals surface area contributed by atoms with Crippen molar-refractivity contribution in [3.8, 4) is 0 Å².